The van der Waals surface area contributed by atoms with Crippen LogP contribution in [0.25, 0.3) is 0 Å². The topological polar surface area (TPSA) is 59.5 Å². The second kappa shape index (κ2) is 5.52. The van der Waals surface area contributed by atoms with Crippen LogP contribution in [-0.2, 0) is 9.53 Å². The Balaban J connectivity index is 1.52. The Morgan fingerprint density at radius 2 is 2.25 bits per heavy atom. The first-order chi connectivity index (χ1) is 9.63. The van der Waals surface area contributed by atoms with Crippen molar-refractivity contribution >= 4 is 27.8 Å². The third-order valence-corrected chi connectivity index (χ3v) is 4.05. The van der Waals surface area contributed by atoms with Gasteiger partial charge >= 0.3 is 5.97 Å². The first-order valence-corrected chi connectivity index (χ1v) is 7.50. The van der Waals surface area contributed by atoms with E-state index in [1.165, 1.54) is 6.20 Å². The van der Waals surface area contributed by atoms with Gasteiger partial charge in [0.15, 0.2) is 0 Å². The number of hydrogen-bond acceptors (Lipinski definition) is 4. The number of amides is 1. The van der Waals surface area contributed by atoms with Crippen LogP contribution in [0.2, 0.25) is 0 Å². The van der Waals surface area contributed by atoms with Crippen LogP contribution in [-0.4, -0.2) is 41.0 Å². The fraction of sp³-hybridized carbons (Fsp3) is 0.500. The molecule has 5 nitrogen and oxygen atoms in total. The van der Waals surface area contributed by atoms with E-state index < -0.39 is 5.97 Å². The Morgan fingerprint density at radius 1 is 1.45 bits per heavy atom. The largest absolute Gasteiger partial charge is 0.462 e. The van der Waals surface area contributed by atoms with Crippen molar-refractivity contribution in [1.82, 2.24) is 9.88 Å². The molecule has 1 aliphatic carbocycles. The van der Waals surface area contributed by atoms with Crippen LogP contribution in [0.15, 0.2) is 22.9 Å². The molecule has 2 aliphatic rings. The van der Waals surface area contributed by atoms with Crippen molar-refractivity contribution in [3.05, 3.63) is 28.5 Å². The molecule has 6 heteroatoms. The highest BCUT2D eigenvalue weighted by atomic mass is 79.9. The first kappa shape index (κ1) is 13.5. The first-order valence-electron chi connectivity index (χ1n) is 6.70. The van der Waals surface area contributed by atoms with E-state index in [-0.39, 0.29) is 11.8 Å². The molecule has 2 heterocycles. The molecule has 1 saturated carbocycles. The number of ether oxygens (including phenoxy) is 1. The average molecular weight is 339 g/mol. The van der Waals surface area contributed by atoms with Crippen molar-refractivity contribution in [2.24, 2.45) is 5.92 Å². The molecular formula is C14H15BrN2O3. The third-order valence-electron chi connectivity index (χ3n) is 3.62. The third kappa shape index (κ3) is 3.00. The van der Waals surface area contributed by atoms with E-state index in [4.69, 9.17) is 4.74 Å². The lowest BCUT2D eigenvalue weighted by Crippen LogP contribution is -2.27. The number of nitrogens with zero attached hydrogens (tertiary/aromatic N) is 2. The standard InChI is InChI=1S/C14H15BrN2O3/c15-11-4-10(5-16-6-11)14(19)20-8-9-3-13(18)17(7-9)12-1-2-12/h4-6,9,12H,1-3,7-8H2. The maximum absolute atomic E-state index is 11.9. The zero-order chi connectivity index (χ0) is 14.1. The van der Waals surface area contributed by atoms with Gasteiger partial charge in [0.2, 0.25) is 5.91 Å². The monoisotopic (exact) mass is 338 g/mol. The molecule has 1 atom stereocenters. The van der Waals surface area contributed by atoms with Crippen molar-refractivity contribution in [2.75, 3.05) is 13.2 Å². The van der Waals surface area contributed by atoms with Gasteiger partial charge in [-0.3, -0.25) is 9.78 Å². The molecule has 1 amide bonds. The fourth-order valence-electron chi connectivity index (χ4n) is 2.46. The normalized spacial score (nSPS) is 22.1. The highest BCUT2D eigenvalue weighted by Gasteiger charge is 2.39. The lowest BCUT2D eigenvalue weighted by atomic mass is 10.1. The Hall–Kier alpha value is -1.43. The molecule has 1 aliphatic heterocycles. The van der Waals surface area contributed by atoms with E-state index in [2.05, 4.69) is 20.9 Å². The van der Waals surface area contributed by atoms with Gasteiger partial charge in [0.1, 0.15) is 0 Å². The molecule has 20 heavy (non-hydrogen) atoms. The molecule has 0 bridgehead atoms. The van der Waals surface area contributed by atoms with Crippen LogP contribution in [0.4, 0.5) is 0 Å². The van der Waals surface area contributed by atoms with Gasteiger partial charge < -0.3 is 9.64 Å². The number of carbonyl (C=O) groups excluding carboxylic acids is 2. The molecule has 1 aromatic rings. The van der Waals surface area contributed by atoms with Crippen LogP contribution in [0.5, 0.6) is 0 Å². The summed E-state index contributed by atoms with van der Waals surface area (Å²) in [6.07, 6.45) is 5.80. The summed E-state index contributed by atoms with van der Waals surface area (Å²) in [7, 11) is 0. The van der Waals surface area contributed by atoms with Crippen LogP contribution >= 0.6 is 15.9 Å². The predicted molar refractivity (Wildman–Crippen MR) is 75.1 cm³/mol. The molecule has 1 unspecified atom stereocenters. The Labute approximate surface area is 125 Å². The molecule has 0 N–H and O–H groups in total. The van der Waals surface area contributed by atoms with E-state index in [0.717, 1.165) is 17.3 Å². The van der Waals surface area contributed by atoms with Gasteiger partial charge in [-0.1, -0.05) is 0 Å². The minimum atomic E-state index is -0.392. The van der Waals surface area contributed by atoms with Gasteiger partial charge in [0.25, 0.3) is 0 Å². The van der Waals surface area contributed by atoms with E-state index in [9.17, 15) is 9.59 Å². The summed E-state index contributed by atoms with van der Waals surface area (Å²) in [5, 5.41) is 0. The lowest BCUT2D eigenvalue weighted by Gasteiger charge is -2.15. The van der Waals surface area contributed by atoms with Crippen LogP contribution < -0.4 is 0 Å². The Kier molecular flexibility index (Phi) is 3.74. The van der Waals surface area contributed by atoms with E-state index in [1.807, 2.05) is 4.90 Å². The SMILES string of the molecule is O=C(OCC1CC(=O)N(C2CC2)C1)c1cncc(Br)c1. The summed E-state index contributed by atoms with van der Waals surface area (Å²) < 4.78 is 6.02. The van der Waals surface area contributed by atoms with Gasteiger partial charge in [0.05, 0.1) is 12.2 Å². The molecule has 0 radical (unpaired) electrons. The zero-order valence-electron chi connectivity index (χ0n) is 10.9. The molecule has 1 saturated heterocycles. The van der Waals surface area contributed by atoms with Crippen molar-refractivity contribution < 1.29 is 14.3 Å². The van der Waals surface area contributed by atoms with Crippen molar-refractivity contribution in [3.63, 3.8) is 0 Å². The second-order valence-electron chi connectivity index (χ2n) is 5.34. The number of esters is 1. The van der Waals surface area contributed by atoms with Gasteiger partial charge in [0, 0.05) is 41.8 Å². The Bertz CT molecular complexity index is 545. The highest BCUT2D eigenvalue weighted by Crippen LogP contribution is 2.32. The Morgan fingerprint density at radius 3 is 2.95 bits per heavy atom. The second-order valence-corrected chi connectivity index (χ2v) is 6.25. The lowest BCUT2D eigenvalue weighted by molar-refractivity contribution is -0.128. The summed E-state index contributed by atoms with van der Waals surface area (Å²) in [5.74, 6) is -0.0824. The van der Waals surface area contributed by atoms with Gasteiger partial charge in [-0.2, -0.15) is 0 Å². The number of pyridine rings is 1. The summed E-state index contributed by atoms with van der Waals surface area (Å²) in [6, 6.07) is 2.11. The van der Waals surface area contributed by atoms with Crippen molar-refractivity contribution in [1.29, 1.82) is 0 Å². The maximum Gasteiger partial charge on any atom is 0.339 e. The molecule has 2 fully saturated rings. The zero-order valence-corrected chi connectivity index (χ0v) is 12.5. The van der Waals surface area contributed by atoms with Crippen molar-refractivity contribution in [3.8, 4) is 0 Å². The maximum atomic E-state index is 11.9. The van der Waals surface area contributed by atoms with Gasteiger partial charge in [-0.25, -0.2) is 4.79 Å². The van der Waals surface area contributed by atoms with E-state index >= 15 is 0 Å². The van der Waals surface area contributed by atoms with E-state index in [1.54, 1.807) is 12.3 Å². The van der Waals surface area contributed by atoms with Gasteiger partial charge in [-0.15, -0.1) is 0 Å². The summed E-state index contributed by atoms with van der Waals surface area (Å²) in [4.78, 5) is 29.5. The van der Waals surface area contributed by atoms with Gasteiger partial charge in [-0.05, 0) is 34.8 Å². The predicted octanol–water partition coefficient (Wildman–Crippen LogP) is 2.01. The number of aromatic nitrogens is 1. The minimum Gasteiger partial charge on any atom is -0.462 e. The molecule has 0 spiro atoms. The number of carbonyl (C=O) groups is 2. The van der Waals surface area contributed by atoms with Crippen molar-refractivity contribution in [2.45, 2.75) is 25.3 Å². The summed E-state index contributed by atoms with van der Waals surface area (Å²) >= 11 is 3.26. The number of hydrogen-bond donors (Lipinski definition) is 0. The van der Waals surface area contributed by atoms with Crippen LogP contribution in [0, 0.1) is 5.92 Å². The quantitative estimate of drug-likeness (QED) is 0.788. The minimum absolute atomic E-state index is 0.118. The number of likely N-dealkylation sites (tertiary alicyclic amines) is 1. The summed E-state index contributed by atoms with van der Waals surface area (Å²) in [5.41, 5.74) is 0.419. The van der Waals surface area contributed by atoms with Crippen LogP contribution in [0.3, 0.4) is 0 Å². The summed E-state index contributed by atoms with van der Waals surface area (Å²) in [6.45, 7) is 1.01. The fourth-order valence-corrected chi connectivity index (χ4v) is 2.82. The molecular weight excluding hydrogens is 324 g/mol. The smallest absolute Gasteiger partial charge is 0.339 e. The number of rotatable bonds is 4. The van der Waals surface area contributed by atoms with E-state index in [0.29, 0.717) is 31.2 Å². The highest BCUT2D eigenvalue weighted by molar-refractivity contribution is 9.10. The molecule has 106 valence electrons. The molecule has 3 rings (SSSR count). The molecule has 0 aromatic carbocycles. The van der Waals surface area contributed by atoms with Crippen LogP contribution in [0.1, 0.15) is 29.6 Å². The average Bonchev–Trinajstić information content (AvgIpc) is 3.20. The number of halogens is 1. The molecule has 1 aromatic heterocycles.